The van der Waals surface area contributed by atoms with E-state index in [9.17, 15) is 18.3 Å². The van der Waals surface area contributed by atoms with Gasteiger partial charge in [-0.2, -0.15) is 4.31 Å². The fourth-order valence-electron chi connectivity index (χ4n) is 3.78. The Labute approximate surface area is 183 Å². The lowest BCUT2D eigenvalue weighted by Crippen LogP contribution is -2.28. The van der Waals surface area contributed by atoms with E-state index in [1.54, 1.807) is 0 Å². The molecule has 0 saturated carbocycles. The molecule has 7 nitrogen and oxygen atoms in total. The van der Waals surface area contributed by atoms with E-state index >= 15 is 0 Å². The first-order valence-electron chi connectivity index (χ1n) is 9.65. The molecule has 2 heterocycles. The summed E-state index contributed by atoms with van der Waals surface area (Å²) < 4.78 is 29.8. The molecule has 2 N–H and O–H groups in total. The molecule has 1 aliphatic rings. The standard InChI is InChI=1S/C21H22BrN3O4S/c1-14-21(22)16-6-2-3-7-18(16)25(14)13-20(27)23-17-12-15(8-9-19(17)26)30(28,29)24-10-4-5-11-24/h2-3,6-9,12,26H,4-5,10-11,13H2,1H3,(H,23,27). The molecule has 0 unspecified atom stereocenters. The highest BCUT2D eigenvalue weighted by Gasteiger charge is 2.28. The summed E-state index contributed by atoms with van der Waals surface area (Å²) >= 11 is 3.57. The van der Waals surface area contributed by atoms with Crippen LogP contribution in [0.25, 0.3) is 10.9 Å². The Bertz CT molecular complexity index is 1230. The number of phenols is 1. The smallest absolute Gasteiger partial charge is 0.244 e. The Kier molecular flexibility index (Phi) is 5.61. The van der Waals surface area contributed by atoms with E-state index in [-0.39, 0.29) is 28.8 Å². The number of phenolic OH excluding ortho intramolecular Hbond substituents is 1. The minimum atomic E-state index is -3.65. The molecule has 3 aromatic rings. The van der Waals surface area contributed by atoms with Crippen LogP contribution in [0.2, 0.25) is 0 Å². The molecule has 0 spiro atoms. The highest BCUT2D eigenvalue weighted by molar-refractivity contribution is 9.10. The van der Waals surface area contributed by atoms with Crippen LogP contribution in [0.3, 0.4) is 0 Å². The Morgan fingerprint density at radius 2 is 1.87 bits per heavy atom. The normalized spacial score (nSPS) is 15.0. The molecule has 0 aliphatic carbocycles. The molecular formula is C21H22BrN3O4S. The van der Waals surface area contributed by atoms with Crippen LogP contribution in [-0.2, 0) is 21.4 Å². The van der Waals surface area contributed by atoms with Crippen LogP contribution in [-0.4, -0.2) is 41.4 Å². The molecule has 1 amide bonds. The van der Waals surface area contributed by atoms with Gasteiger partial charge in [0.2, 0.25) is 15.9 Å². The van der Waals surface area contributed by atoms with Gasteiger partial charge in [-0.15, -0.1) is 0 Å². The number of benzene rings is 2. The maximum Gasteiger partial charge on any atom is 0.244 e. The van der Waals surface area contributed by atoms with Crippen molar-refractivity contribution in [3.63, 3.8) is 0 Å². The Morgan fingerprint density at radius 3 is 2.60 bits per heavy atom. The van der Waals surface area contributed by atoms with E-state index in [1.165, 1.54) is 22.5 Å². The molecule has 0 atom stereocenters. The zero-order valence-electron chi connectivity index (χ0n) is 16.4. The van der Waals surface area contributed by atoms with Crippen molar-refractivity contribution in [2.24, 2.45) is 0 Å². The van der Waals surface area contributed by atoms with Gasteiger partial charge in [0.05, 0.1) is 10.6 Å². The molecule has 1 saturated heterocycles. The zero-order chi connectivity index (χ0) is 21.5. The third-order valence-electron chi connectivity index (χ3n) is 5.40. The fraction of sp³-hybridized carbons (Fsp3) is 0.286. The molecule has 1 aliphatic heterocycles. The number of hydrogen-bond acceptors (Lipinski definition) is 4. The maximum absolute atomic E-state index is 12.8. The van der Waals surface area contributed by atoms with Crippen molar-refractivity contribution in [3.05, 3.63) is 52.6 Å². The van der Waals surface area contributed by atoms with Crippen molar-refractivity contribution in [1.29, 1.82) is 0 Å². The molecule has 9 heteroatoms. The van der Waals surface area contributed by atoms with Crippen molar-refractivity contribution >= 4 is 48.5 Å². The minimum Gasteiger partial charge on any atom is -0.506 e. The largest absolute Gasteiger partial charge is 0.506 e. The van der Waals surface area contributed by atoms with Gasteiger partial charge in [0, 0.05) is 34.2 Å². The van der Waals surface area contributed by atoms with Crippen molar-refractivity contribution in [2.45, 2.75) is 31.2 Å². The second-order valence-electron chi connectivity index (χ2n) is 7.34. The highest BCUT2D eigenvalue weighted by Crippen LogP contribution is 2.32. The van der Waals surface area contributed by atoms with Crippen LogP contribution in [0.1, 0.15) is 18.5 Å². The minimum absolute atomic E-state index is 0.0283. The van der Waals surface area contributed by atoms with Crippen molar-refractivity contribution in [1.82, 2.24) is 8.87 Å². The SMILES string of the molecule is Cc1c(Br)c2ccccc2n1CC(=O)Nc1cc(S(=O)(=O)N2CCCC2)ccc1O. The van der Waals surface area contributed by atoms with Crippen molar-refractivity contribution in [3.8, 4) is 5.75 Å². The molecule has 1 fully saturated rings. The van der Waals surface area contributed by atoms with Crippen molar-refractivity contribution < 1.29 is 18.3 Å². The van der Waals surface area contributed by atoms with Gasteiger partial charge < -0.3 is 15.0 Å². The van der Waals surface area contributed by atoms with Crippen molar-refractivity contribution in [2.75, 3.05) is 18.4 Å². The molecule has 30 heavy (non-hydrogen) atoms. The number of aromatic nitrogens is 1. The van der Waals surface area contributed by atoms with Gasteiger partial charge in [-0.05, 0) is 60.0 Å². The number of nitrogens with zero attached hydrogens (tertiary/aromatic N) is 2. The predicted octanol–water partition coefficient (Wildman–Crippen LogP) is 3.84. The number of carbonyl (C=O) groups is 1. The van der Waals surface area contributed by atoms with Gasteiger partial charge in [0.15, 0.2) is 0 Å². The number of halogens is 1. The van der Waals surface area contributed by atoms with E-state index in [0.717, 1.165) is 33.9 Å². The Balaban J connectivity index is 1.59. The van der Waals surface area contributed by atoms with Gasteiger partial charge in [-0.1, -0.05) is 18.2 Å². The summed E-state index contributed by atoms with van der Waals surface area (Å²) in [5.74, 6) is -0.545. The average Bonchev–Trinajstić information content (AvgIpc) is 3.35. The van der Waals surface area contributed by atoms with E-state index in [1.807, 2.05) is 35.8 Å². The van der Waals surface area contributed by atoms with E-state index in [0.29, 0.717) is 13.1 Å². The third-order valence-corrected chi connectivity index (χ3v) is 8.30. The van der Waals surface area contributed by atoms with Crippen LogP contribution in [0.4, 0.5) is 5.69 Å². The summed E-state index contributed by atoms with van der Waals surface area (Å²) in [6.07, 6.45) is 1.67. The average molecular weight is 492 g/mol. The first-order valence-corrected chi connectivity index (χ1v) is 11.9. The monoisotopic (exact) mass is 491 g/mol. The Hall–Kier alpha value is -2.36. The maximum atomic E-state index is 12.8. The number of fused-ring (bicyclic) bond motifs is 1. The number of anilines is 1. The number of hydrogen-bond donors (Lipinski definition) is 2. The molecule has 0 radical (unpaired) electrons. The molecule has 2 aromatic carbocycles. The second-order valence-corrected chi connectivity index (χ2v) is 10.1. The second kappa shape index (κ2) is 8.05. The topological polar surface area (TPSA) is 91.6 Å². The Morgan fingerprint density at radius 1 is 1.17 bits per heavy atom. The lowest BCUT2D eigenvalue weighted by molar-refractivity contribution is -0.116. The van der Waals surface area contributed by atoms with Crippen LogP contribution in [0.15, 0.2) is 51.8 Å². The molecule has 0 bridgehead atoms. The van der Waals surface area contributed by atoms with E-state index < -0.39 is 10.0 Å². The zero-order valence-corrected chi connectivity index (χ0v) is 18.8. The number of carbonyl (C=O) groups excluding carboxylic acids is 1. The van der Waals surface area contributed by atoms with Gasteiger partial charge in [-0.3, -0.25) is 4.79 Å². The summed E-state index contributed by atoms with van der Waals surface area (Å²) in [5.41, 5.74) is 1.89. The van der Waals surface area contributed by atoms with Gasteiger partial charge >= 0.3 is 0 Å². The quantitative estimate of drug-likeness (QED) is 0.530. The number of rotatable bonds is 5. The molecular weight excluding hydrogens is 470 g/mol. The number of aromatic hydroxyl groups is 1. The lowest BCUT2D eigenvalue weighted by Gasteiger charge is -2.17. The van der Waals surface area contributed by atoms with Crippen LogP contribution < -0.4 is 5.32 Å². The predicted molar refractivity (Wildman–Crippen MR) is 119 cm³/mol. The number of nitrogens with one attached hydrogen (secondary N) is 1. The van der Waals surface area contributed by atoms with Gasteiger partial charge in [-0.25, -0.2) is 8.42 Å². The van der Waals surface area contributed by atoms with Crippen LogP contribution in [0, 0.1) is 6.92 Å². The lowest BCUT2D eigenvalue weighted by atomic mass is 10.2. The van der Waals surface area contributed by atoms with Gasteiger partial charge in [0.1, 0.15) is 12.3 Å². The van der Waals surface area contributed by atoms with Gasteiger partial charge in [0.25, 0.3) is 0 Å². The summed E-state index contributed by atoms with van der Waals surface area (Å²) in [6.45, 7) is 2.91. The van der Waals surface area contributed by atoms with Crippen LogP contribution in [0.5, 0.6) is 5.75 Å². The third kappa shape index (κ3) is 3.73. The summed E-state index contributed by atoms with van der Waals surface area (Å²) in [5, 5.41) is 13.8. The fourth-order valence-corrected chi connectivity index (χ4v) is 5.87. The highest BCUT2D eigenvalue weighted by atomic mass is 79.9. The first kappa shape index (κ1) is 20.9. The molecule has 158 valence electrons. The molecule has 4 rings (SSSR count). The number of sulfonamides is 1. The summed E-state index contributed by atoms with van der Waals surface area (Å²) in [6, 6.07) is 11.7. The van der Waals surface area contributed by atoms with E-state index in [4.69, 9.17) is 0 Å². The van der Waals surface area contributed by atoms with E-state index in [2.05, 4.69) is 21.2 Å². The first-order chi connectivity index (χ1) is 14.3. The number of para-hydroxylation sites is 1. The summed E-state index contributed by atoms with van der Waals surface area (Å²) in [4.78, 5) is 12.8. The van der Waals surface area contributed by atoms with Crippen LogP contribution >= 0.6 is 15.9 Å². The molecule has 1 aromatic heterocycles. The number of amides is 1. The summed E-state index contributed by atoms with van der Waals surface area (Å²) in [7, 11) is -3.65.